The molecule has 0 spiro atoms. The summed E-state index contributed by atoms with van der Waals surface area (Å²) in [5.41, 5.74) is 2.16. The number of aromatic amines is 1. The van der Waals surface area contributed by atoms with Crippen molar-refractivity contribution in [1.82, 2.24) is 4.90 Å². The van der Waals surface area contributed by atoms with Crippen LogP contribution in [0.25, 0.3) is 5.76 Å². The Labute approximate surface area is 203 Å². The van der Waals surface area contributed by atoms with E-state index in [0.29, 0.717) is 28.4 Å². The van der Waals surface area contributed by atoms with Gasteiger partial charge in [-0.25, -0.2) is 4.98 Å². The SMILES string of the molecule is COc1ccc(C([O-])=C2C(=O)C(=O)N(Cc3ccc[nH+]c3)C2c2cccc(OC)c2OC)cc1C. The highest BCUT2D eigenvalue weighted by Gasteiger charge is 2.45. The van der Waals surface area contributed by atoms with Crippen molar-refractivity contribution in [3.8, 4) is 17.2 Å². The van der Waals surface area contributed by atoms with Gasteiger partial charge in [0.1, 0.15) is 5.75 Å². The van der Waals surface area contributed by atoms with Gasteiger partial charge in [0, 0.05) is 22.8 Å². The van der Waals surface area contributed by atoms with Crippen LogP contribution in [0.15, 0.2) is 66.5 Å². The summed E-state index contributed by atoms with van der Waals surface area (Å²) >= 11 is 0. The van der Waals surface area contributed by atoms with Crippen LogP contribution in [0.5, 0.6) is 17.2 Å². The summed E-state index contributed by atoms with van der Waals surface area (Å²) in [7, 11) is 4.52. The van der Waals surface area contributed by atoms with E-state index < -0.39 is 23.5 Å². The topological polar surface area (TPSA) is 102 Å². The number of ether oxygens (including phenoxy) is 3. The number of nitrogens with one attached hydrogen (secondary N) is 1. The fourth-order valence-electron chi connectivity index (χ4n) is 4.38. The number of aromatic nitrogens is 1. The van der Waals surface area contributed by atoms with Gasteiger partial charge in [0.05, 0.1) is 33.9 Å². The summed E-state index contributed by atoms with van der Waals surface area (Å²) in [6.07, 6.45) is 3.49. The van der Waals surface area contributed by atoms with Crippen molar-refractivity contribution >= 4 is 17.4 Å². The number of nitrogens with zero attached hydrogens (tertiary/aromatic N) is 1. The van der Waals surface area contributed by atoms with Crippen LogP contribution in [0.4, 0.5) is 0 Å². The van der Waals surface area contributed by atoms with E-state index in [0.717, 1.165) is 11.1 Å². The Morgan fingerprint density at radius 2 is 1.77 bits per heavy atom. The fourth-order valence-corrected chi connectivity index (χ4v) is 4.38. The second kappa shape index (κ2) is 9.89. The highest BCUT2D eigenvalue weighted by atomic mass is 16.5. The molecule has 3 aromatic rings. The third-order valence-electron chi connectivity index (χ3n) is 6.04. The van der Waals surface area contributed by atoms with Gasteiger partial charge in [-0.15, -0.1) is 0 Å². The summed E-state index contributed by atoms with van der Waals surface area (Å²) < 4.78 is 16.3. The standard InChI is InChI=1S/C27H26N2O6/c1-16-13-18(10-11-20(16)33-2)24(30)22-23(19-8-5-9-21(34-3)26(19)35-4)29(27(32)25(22)31)15-17-7-6-12-28-14-17/h5-14,23,30H,15H2,1-4H3. The first-order chi connectivity index (χ1) is 16.9. The lowest BCUT2D eigenvalue weighted by Crippen LogP contribution is -2.30. The van der Waals surface area contributed by atoms with Crippen molar-refractivity contribution in [3.05, 3.63) is 88.8 Å². The average Bonchev–Trinajstić information content (AvgIpc) is 3.12. The van der Waals surface area contributed by atoms with Gasteiger partial charge in [-0.05, 0) is 42.3 Å². The van der Waals surface area contributed by atoms with Crippen LogP contribution in [-0.4, -0.2) is 37.9 Å². The summed E-state index contributed by atoms with van der Waals surface area (Å²) in [4.78, 5) is 31.0. The molecule has 35 heavy (non-hydrogen) atoms. The van der Waals surface area contributed by atoms with E-state index in [1.165, 1.54) is 19.1 Å². The molecule has 1 amide bonds. The van der Waals surface area contributed by atoms with E-state index in [4.69, 9.17) is 14.2 Å². The molecule has 1 fully saturated rings. The van der Waals surface area contributed by atoms with E-state index in [9.17, 15) is 14.7 Å². The molecule has 1 aromatic heterocycles. The summed E-state index contributed by atoms with van der Waals surface area (Å²) in [5.74, 6) is -0.713. The second-order valence-electron chi connectivity index (χ2n) is 8.09. The van der Waals surface area contributed by atoms with Crippen molar-refractivity contribution < 1.29 is 33.9 Å². The molecule has 1 aliphatic rings. The number of methoxy groups -OCH3 is 3. The fraction of sp³-hybridized carbons (Fsp3) is 0.222. The molecular weight excluding hydrogens is 448 g/mol. The number of carbonyl (C=O) groups excluding carboxylic acids is 2. The van der Waals surface area contributed by atoms with Crippen LogP contribution in [0.3, 0.4) is 0 Å². The van der Waals surface area contributed by atoms with E-state index in [2.05, 4.69) is 4.98 Å². The van der Waals surface area contributed by atoms with E-state index in [1.807, 2.05) is 13.0 Å². The molecule has 0 saturated carbocycles. The Balaban J connectivity index is 1.94. The minimum Gasteiger partial charge on any atom is -0.872 e. The number of pyridine rings is 1. The Bertz CT molecular complexity index is 1300. The minimum atomic E-state index is -0.963. The molecule has 1 atom stereocenters. The van der Waals surface area contributed by atoms with Gasteiger partial charge in [-0.3, -0.25) is 9.59 Å². The van der Waals surface area contributed by atoms with Crippen LogP contribution in [0.1, 0.15) is 28.3 Å². The maximum atomic E-state index is 13.7. The zero-order valence-electron chi connectivity index (χ0n) is 20.0. The Hall–Kier alpha value is -4.33. The predicted octanol–water partition coefficient (Wildman–Crippen LogP) is 2.26. The Morgan fingerprint density at radius 3 is 2.40 bits per heavy atom. The maximum Gasteiger partial charge on any atom is 0.295 e. The minimum absolute atomic E-state index is 0.116. The number of aryl methyl sites for hydroxylation is 1. The molecule has 0 aliphatic carbocycles. The molecule has 2 aromatic carbocycles. The van der Waals surface area contributed by atoms with E-state index in [1.54, 1.807) is 62.0 Å². The van der Waals surface area contributed by atoms with Gasteiger partial charge in [0.2, 0.25) is 5.78 Å². The molecule has 1 saturated heterocycles. The van der Waals surface area contributed by atoms with Crippen LogP contribution in [-0.2, 0) is 16.1 Å². The smallest absolute Gasteiger partial charge is 0.295 e. The van der Waals surface area contributed by atoms with Gasteiger partial charge in [-0.1, -0.05) is 24.0 Å². The first-order valence-electron chi connectivity index (χ1n) is 11.0. The summed E-state index contributed by atoms with van der Waals surface area (Å²) in [6, 6.07) is 12.8. The number of amides is 1. The summed E-state index contributed by atoms with van der Waals surface area (Å²) in [5, 5.41) is 13.7. The van der Waals surface area contributed by atoms with Gasteiger partial charge >= 0.3 is 0 Å². The van der Waals surface area contributed by atoms with Crippen LogP contribution < -0.4 is 24.3 Å². The number of rotatable bonds is 7. The maximum absolute atomic E-state index is 13.7. The molecule has 1 N–H and O–H groups in total. The predicted molar refractivity (Wildman–Crippen MR) is 125 cm³/mol. The highest BCUT2D eigenvalue weighted by Crippen LogP contribution is 2.45. The zero-order chi connectivity index (χ0) is 25.1. The third kappa shape index (κ3) is 4.30. The normalized spacial score (nSPS) is 16.9. The number of H-pyrrole nitrogens is 1. The van der Waals surface area contributed by atoms with Crippen molar-refractivity contribution in [2.45, 2.75) is 19.5 Å². The molecular formula is C27H26N2O6. The van der Waals surface area contributed by atoms with Crippen LogP contribution >= 0.6 is 0 Å². The molecule has 0 bridgehead atoms. The van der Waals surface area contributed by atoms with Crippen molar-refractivity contribution in [2.75, 3.05) is 21.3 Å². The van der Waals surface area contributed by atoms with Gasteiger partial charge in [0.15, 0.2) is 23.9 Å². The van der Waals surface area contributed by atoms with Gasteiger partial charge in [0.25, 0.3) is 5.91 Å². The average molecular weight is 475 g/mol. The molecule has 8 heteroatoms. The number of hydrogen-bond acceptors (Lipinski definition) is 6. The van der Waals surface area contributed by atoms with Gasteiger partial charge in [-0.2, -0.15) is 0 Å². The zero-order valence-corrected chi connectivity index (χ0v) is 20.0. The molecule has 1 unspecified atom stereocenters. The first kappa shape index (κ1) is 23.8. The molecule has 0 radical (unpaired) electrons. The number of likely N-dealkylation sites (tertiary alicyclic amines) is 1. The monoisotopic (exact) mass is 474 g/mol. The highest BCUT2D eigenvalue weighted by molar-refractivity contribution is 6.46. The number of Topliss-reactive ketones (excluding diaryl/α,β-unsaturated/α-hetero) is 1. The lowest BCUT2D eigenvalue weighted by molar-refractivity contribution is -0.378. The number of ketones is 1. The molecule has 2 heterocycles. The van der Waals surface area contributed by atoms with E-state index in [-0.39, 0.29) is 12.1 Å². The third-order valence-corrected chi connectivity index (χ3v) is 6.04. The van der Waals surface area contributed by atoms with Crippen LogP contribution in [0, 0.1) is 6.92 Å². The lowest BCUT2D eigenvalue weighted by atomic mass is 9.93. The first-order valence-corrected chi connectivity index (χ1v) is 11.0. The van der Waals surface area contributed by atoms with Crippen molar-refractivity contribution in [3.63, 3.8) is 0 Å². The second-order valence-corrected chi connectivity index (χ2v) is 8.09. The van der Waals surface area contributed by atoms with Crippen molar-refractivity contribution in [2.24, 2.45) is 0 Å². The Kier molecular flexibility index (Phi) is 6.73. The molecule has 180 valence electrons. The number of benzene rings is 2. The Morgan fingerprint density at radius 1 is 1.00 bits per heavy atom. The molecule has 8 nitrogen and oxygen atoms in total. The van der Waals surface area contributed by atoms with Crippen molar-refractivity contribution in [1.29, 1.82) is 0 Å². The largest absolute Gasteiger partial charge is 0.872 e. The molecule has 1 aliphatic heterocycles. The van der Waals surface area contributed by atoms with Crippen LogP contribution in [0.2, 0.25) is 0 Å². The van der Waals surface area contributed by atoms with Gasteiger partial charge < -0.3 is 24.2 Å². The van der Waals surface area contributed by atoms with E-state index >= 15 is 0 Å². The number of hydrogen-bond donors (Lipinski definition) is 0. The molecule has 4 rings (SSSR count). The number of carbonyl (C=O) groups is 2. The lowest BCUT2D eigenvalue weighted by Gasteiger charge is -2.29. The quantitative estimate of drug-likeness (QED) is 0.296. The number of para-hydroxylation sites is 1. The summed E-state index contributed by atoms with van der Waals surface area (Å²) in [6.45, 7) is 1.92.